The van der Waals surface area contributed by atoms with Gasteiger partial charge in [0.2, 0.25) is 0 Å². The number of nitrogens with one attached hydrogen (secondary N) is 2. The number of benzene rings is 1. The van der Waals surface area contributed by atoms with E-state index in [2.05, 4.69) is 49.3 Å². The fraction of sp³-hybridized carbons (Fsp3) is 0.182. The van der Waals surface area contributed by atoms with Crippen molar-refractivity contribution in [2.75, 3.05) is 18.1 Å². The lowest BCUT2D eigenvalue weighted by Crippen LogP contribution is -2.33. The average molecular weight is 403 g/mol. The largest absolute Gasteiger partial charge is 0.368 e. The second-order valence-corrected chi connectivity index (χ2v) is 7.26. The average Bonchev–Trinajstić information content (AvgIpc) is 2.78. The number of hydrogen-bond acceptors (Lipinski definition) is 7. The van der Waals surface area contributed by atoms with Crippen molar-refractivity contribution >= 4 is 28.7 Å². The van der Waals surface area contributed by atoms with E-state index in [9.17, 15) is 0 Å². The molecule has 0 fully saturated rings. The van der Waals surface area contributed by atoms with E-state index in [1.54, 1.807) is 36.7 Å². The maximum atomic E-state index is 4.80. The van der Waals surface area contributed by atoms with E-state index in [0.29, 0.717) is 5.82 Å². The van der Waals surface area contributed by atoms with Crippen molar-refractivity contribution in [3.8, 4) is 11.4 Å². The van der Waals surface area contributed by atoms with Gasteiger partial charge >= 0.3 is 0 Å². The summed E-state index contributed by atoms with van der Waals surface area (Å²) in [5.41, 5.74) is 3.04. The summed E-state index contributed by atoms with van der Waals surface area (Å²) in [5, 5.41) is 4.49. The van der Waals surface area contributed by atoms with Gasteiger partial charge in [-0.2, -0.15) is 0 Å². The quantitative estimate of drug-likeness (QED) is 0.432. The summed E-state index contributed by atoms with van der Waals surface area (Å²) in [4.78, 5) is 17.8. The number of fused-ring (bicyclic) bond motifs is 1. The molecule has 29 heavy (non-hydrogen) atoms. The molecule has 2 N–H and O–H groups in total. The van der Waals surface area contributed by atoms with Crippen LogP contribution in [-0.2, 0) is 6.42 Å². The molecule has 0 aliphatic rings. The molecule has 0 saturated heterocycles. The molecule has 3 aromatic heterocycles. The maximum Gasteiger partial charge on any atom is 0.162 e. The molecule has 0 radical (unpaired) electrons. The van der Waals surface area contributed by atoms with Gasteiger partial charge in [-0.3, -0.25) is 14.7 Å². The molecule has 0 aliphatic heterocycles. The van der Waals surface area contributed by atoms with Crippen molar-refractivity contribution in [3.63, 3.8) is 0 Å². The molecule has 0 bridgehead atoms. The Balaban J connectivity index is 1.60. The summed E-state index contributed by atoms with van der Waals surface area (Å²) >= 11 is 1.63. The summed E-state index contributed by atoms with van der Waals surface area (Å²) in [7, 11) is 0. The summed E-state index contributed by atoms with van der Waals surface area (Å²) in [6.45, 7) is 0.736. The van der Waals surface area contributed by atoms with E-state index in [-0.39, 0.29) is 6.04 Å². The Morgan fingerprint density at radius 3 is 2.52 bits per heavy atom. The van der Waals surface area contributed by atoms with Crippen LogP contribution in [0, 0.1) is 0 Å². The van der Waals surface area contributed by atoms with Gasteiger partial charge in [0.15, 0.2) is 5.82 Å². The van der Waals surface area contributed by atoms with Crippen LogP contribution in [0.2, 0.25) is 0 Å². The molecule has 6 nitrogen and oxygen atoms in total. The van der Waals surface area contributed by atoms with Crippen LogP contribution in [0.25, 0.3) is 22.3 Å². The van der Waals surface area contributed by atoms with Gasteiger partial charge in [-0.25, -0.2) is 9.97 Å². The SMILES string of the molecule is CSN[C@H](CNc1nc(-c2ccncc2)nc2cnccc12)Cc1ccccc1. The van der Waals surface area contributed by atoms with Gasteiger partial charge in [0.1, 0.15) is 5.82 Å². The first kappa shape index (κ1) is 19.3. The lowest BCUT2D eigenvalue weighted by Gasteiger charge is -2.19. The van der Waals surface area contributed by atoms with E-state index >= 15 is 0 Å². The van der Waals surface area contributed by atoms with Crippen molar-refractivity contribution in [3.05, 3.63) is 78.9 Å². The first-order valence-corrected chi connectivity index (χ1v) is 10.6. The Bertz CT molecular complexity index is 1060. The monoisotopic (exact) mass is 402 g/mol. The van der Waals surface area contributed by atoms with Crippen molar-refractivity contribution in [1.29, 1.82) is 0 Å². The molecule has 146 valence electrons. The topological polar surface area (TPSA) is 75.6 Å². The Kier molecular flexibility index (Phi) is 6.29. The standard InChI is InChI=1S/C22H22N6S/c1-29-28-18(13-16-5-3-2-4-6-16)14-25-22-19-9-12-24-15-20(19)26-21(27-22)17-7-10-23-11-8-17/h2-12,15,18,28H,13-14H2,1H3,(H,25,26,27)/t18-/m0/s1. The maximum absolute atomic E-state index is 4.80. The third-order valence-corrected chi connectivity index (χ3v) is 5.13. The highest BCUT2D eigenvalue weighted by molar-refractivity contribution is 7.96. The smallest absolute Gasteiger partial charge is 0.162 e. The molecule has 0 amide bonds. The summed E-state index contributed by atoms with van der Waals surface area (Å²) in [6.07, 6.45) is 10.0. The molecule has 7 heteroatoms. The Morgan fingerprint density at radius 1 is 0.931 bits per heavy atom. The highest BCUT2D eigenvalue weighted by Crippen LogP contribution is 2.24. The number of rotatable bonds is 8. The molecule has 0 saturated carbocycles. The third-order valence-electron chi connectivity index (χ3n) is 4.56. The van der Waals surface area contributed by atoms with Crippen molar-refractivity contribution in [1.82, 2.24) is 24.7 Å². The first-order valence-electron chi connectivity index (χ1n) is 9.42. The molecule has 0 unspecified atom stereocenters. The number of nitrogens with zero attached hydrogens (tertiary/aromatic N) is 4. The number of anilines is 1. The molecular formula is C22H22N6S. The highest BCUT2D eigenvalue weighted by Gasteiger charge is 2.13. The fourth-order valence-corrected chi connectivity index (χ4v) is 3.69. The van der Waals surface area contributed by atoms with E-state index in [0.717, 1.165) is 35.2 Å². The molecule has 0 aliphatic carbocycles. The van der Waals surface area contributed by atoms with Crippen molar-refractivity contribution in [2.24, 2.45) is 0 Å². The van der Waals surface area contributed by atoms with E-state index in [1.165, 1.54) is 5.56 Å². The second kappa shape index (κ2) is 9.45. The van der Waals surface area contributed by atoms with Gasteiger partial charge in [0, 0.05) is 42.1 Å². The molecule has 4 rings (SSSR count). The molecule has 3 heterocycles. The summed E-state index contributed by atoms with van der Waals surface area (Å²) in [5.74, 6) is 1.47. The lowest BCUT2D eigenvalue weighted by molar-refractivity contribution is 0.655. The number of aromatic nitrogens is 4. The van der Waals surface area contributed by atoms with Gasteiger partial charge in [0.05, 0.1) is 11.7 Å². The van der Waals surface area contributed by atoms with Crippen LogP contribution >= 0.6 is 11.9 Å². The predicted molar refractivity (Wildman–Crippen MR) is 120 cm³/mol. The fourth-order valence-electron chi connectivity index (χ4n) is 3.19. The first-order chi connectivity index (χ1) is 14.3. The van der Waals surface area contributed by atoms with E-state index < -0.39 is 0 Å². The summed E-state index contributed by atoms with van der Waals surface area (Å²) in [6, 6.07) is 16.5. The van der Waals surface area contributed by atoms with Crippen molar-refractivity contribution in [2.45, 2.75) is 12.5 Å². The van der Waals surface area contributed by atoms with Crippen LogP contribution in [-0.4, -0.2) is 38.8 Å². The molecule has 1 atom stereocenters. The highest BCUT2D eigenvalue weighted by atomic mass is 32.2. The van der Waals surface area contributed by atoms with Crippen LogP contribution in [0.4, 0.5) is 5.82 Å². The van der Waals surface area contributed by atoms with Gasteiger partial charge in [-0.15, -0.1) is 0 Å². The zero-order valence-corrected chi connectivity index (χ0v) is 16.9. The minimum Gasteiger partial charge on any atom is -0.368 e. The molecular weight excluding hydrogens is 380 g/mol. The van der Waals surface area contributed by atoms with E-state index in [1.807, 2.05) is 30.5 Å². The van der Waals surface area contributed by atoms with E-state index in [4.69, 9.17) is 4.98 Å². The minimum absolute atomic E-state index is 0.253. The van der Waals surface area contributed by atoms with Crippen molar-refractivity contribution < 1.29 is 0 Å². The molecule has 1 aromatic carbocycles. The molecule has 4 aromatic rings. The minimum atomic E-state index is 0.253. The second-order valence-electron chi connectivity index (χ2n) is 6.61. The summed E-state index contributed by atoms with van der Waals surface area (Å²) < 4.78 is 3.49. The van der Waals surface area contributed by atoms with Crippen LogP contribution in [0.5, 0.6) is 0 Å². The number of pyridine rings is 2. The zero-order chi connectivity index (χ0) is 19.9. The van der Waals surface area contributed by atoms with Crippen LogP contribution in [0.1, 0.15) is 5.56 Å². The molecule has 0 spiro atoms. The van der Waals surface area contributed by atoms with Gasteiger partial charge < -0.3 is 5.32 Å². The Labute approximate surface area is 174 Å². The van der Waals surface area contributed by atoms with Crippen LogP contribution in [0.15, 0.2) is 73.3 Å². The van der Waals surface area contributed by atoms with Crippen LogP contribution in [0.3, 0.4) is 0 Å². The Morgan fingerprint density at radius 2 is 1.72 bits per heavy atom. The normalized spacial score (nSPS) is 12.0. The van der Waals surface area contributed by atoms with Crippen LogP contribution < -0.4 is 10.0 Å². The number of hydrogen-bond donors (Lipinski definition) is 2. The Hall–Kier alpha value is -3.03. The lowest BCUT2D eigenvalue weighted by atomic mass is 10.1. The van der Waals surface area contributed by atoms with Gasteiger partial charge in [-0.05, 0) is 36.4 Å². The zero-order valence-electron chi connectivity index (χ0n) is 16.1. The van der Waals surface area contributed by atoms with Gasteiger partial charge in [-0.1, -0.05) is 42.3 Å². The van der Waals surface area contributed by atoms with Gasteiger partial charge in [0.25, 0.3) is 0 Å². The third kappa shape index (κ3) is 4.88. The predicted octanol–water partition coefficient (Wildman–Crippen LogP) is 3.98.